The summed E-state index contributed by atoms with van der Waals surface area (Å²) in [5.74, 6) is -0.420. The van der Waals surface area contributed by atoms with Crippen molar-refractivity contribution in [1.82, 2.24) is 4.98 Å². The topological polar surface area (TPSA) is 97.4 Å². The van der Waals surface area contributed by atoms with Crippen LogP contribution in [0.15, 0.2) is 29.4 Å². The smallest absolute Gasteiger partial charge is 0.259 e. The van der Waals surface area contributed by atoms with Gasteiger partial charge in [-0.3, -0.25) is 10.1 Å². The number of amides is 1. The zero-order valence-electron chi connectivity index (χ0n) is 8.88. The number of thiazole rings is 1. The van der Waals surface area contributed by atoms with E-state index in [4.69, 9.17) is 17.3 Å². The number of nitrogen functional groups attached to an aromatic ring is 1. The molecule has 3 N–H and O–H groups in total. The van der Waals surface area contributed by atoms with E-state index < -0.39 is 5.91 Å². The molecule has 0 aliphatic heterocycles. The molecule has 1 aromatic carbocycles. The van der Waals surface area contributed by atoms with Gasteiger partial charge in [-0.05, 0) is 17.3 Å². The summed E-state index contributed by atoms with van der Waals surface area (Å²) in [6.45, 7) is 0. The molecule has 0 fully saturated rings. The van der Waals surface area contributed by atoms with Crippen LogP contribution in [0.25, 0.3) is 0 Å². The first-order chi connectivity index (χ1) is 8.61. The van der Waals surface area contributed by atoms with Crippen molar-refractivity contribution in [2.75, 3.05) is 11.1 Å². The van der Waals surface area contributed by atoms with Crippen molar-refractivity contribution in [2.24, 2.45) is 5.18 Å². The molecule has 0 radical (unpaired) electrons. The Morgan fingerprint density at radius 3 is 2.78 bits per heavy atom. The number of carbonyl (C=O) groups is 1. The summed E-state index contributed by atoms with van der Waals surface area (Å²) < 4.78 is 0. The van der Waals surface area contributed by atoms with Crippen LogP contribution in [0, 0.1) is 4.91 Å². The van der Waals surface area contributed by atoms with Crippen molar-refractivity contribution in [3.05, 3.63) is 39.9 Å². The fraction of sp³-hybridized carbons (Fsp3) is 0. The third-order valence-electron chi connectivity index (χ3n) is 2.08. The number of carbonyl (C=O) groups excluding carboxylic acids is 1. The predicted octanol–water partition coefficient (Wildman–Crippen LogP) is 3.03. The SMILES string of the molecule is Nc1ccccc1C(=O)Nc1nc(Cl)c(N=O)s1. The average Bonchev–Trinajstić information content (AvgIpc) is 2.69. The van der Waals surface area contributed by atoms with Crippen LogP contribution in [0.2, 0.25) is 5.15 Å². The first-order valence-corrected chi connectivity index (χ1v) is 5.97. The molecule has 0 aliphatic carbocycles. The maximum Gasteiger partial charge on any atom is 0.259 e. The van der Waals surface area contributed by atoms with Gasteiger partial charge < -0.3 is 5.73 Å². The van der Waals surface area contributed by atoms with Crippen molar-refractivity contribution in [3.63, 3.8) is 0 Å². The van der Waals surface area contributed by atoms with E-state index >= 15 is 0 Å². The third-order valence-corrected chi connectivity index (χ3v) is 3.30. The number of benzene rings is 1. The second-order valence-electron chi connectivity index (χ2n) is 3.25. The lowest BCUT2D eigenvalue weighted by atomic mass is 10.2. The number of hydrogen-bond acceptors (Lipinski definition) is 6. The molecule has 1 aromatic heterocycles. The van der Waals surface area contributed by atoms with E-state index in [9.17, 15) is 9.70 Å². The molecule has 0 saturated carbocycles. The largest absolute Gasteiger partial charge is 0.398 e. The Bertz CT molecular complexity index is 614. The zero-order valence-corrected chi connectivity index (χ0v) is 10.5. The van der Waals surface area contributed by atoms with Gasteiger partial charge in [-0.2, -0.15) is 0 Å². The van der Waals surface area contributed by atoms with Crippen LogP contribution in [-0.4, -0.2) is 10.9 Å². The van der Waals surface area contributed by atoms with Crippen LogP contribution in [0.5, 0.6) is 0 Å². The van der Waals surface area contributed by atoms with Crippen molar-refractivity contribution >= 4 is 44.7 Å². The van der Waals surface area contributed by atoms with Crippen molar-refractivity contribution in [2.45, 2.75) is 0 Å². The Kier molecular flexibility index (Phi) is 3.54. The molecule has 0 saturated heterocycles. The number of nitrogens with zero attached hydrogens (tertiary/aromatic N) is 2. The molecule has 0 spiro atoms. The maximum atomic E-state index is 11.9. The highest BCUT2D eigenvalue weighted by Gasteiger charge is 2.14. The number of anilines is 2. The number of nitrogens with one attached hydrogen (secondary N) is 1. The molecule has 18 heavy (non-hydrogen) atoms. The molecule has 0 aliphatic rings. The van der Waals surface area contributed by atoms with Crippen LogP contribution in [0.1, 0.15) is 10.4 Å². The molecule has 0 bridgehead atoms. The monoisotopic (exact) mass is 282 g/mol. The third kappa shape index (κ3) is 2.47. The molecule has 0 atom stereocenters. The Morgan fingerprint density at radius 2 is 2.17 bits per heavy atom. The summed E-state index contributed by atoms with van der Waals surface area (Å²) in [6, 6.07) is 6.61. The van der Waals surface area contributed by atoms with E-state index in [-0.39, 0.29) is 15.3 Å². The predicted molar refractivity (Wildman–Crippen MR) is 71.4 cm³/mol. The van der Waals surface area contributed by atoms with Gasteiger partial charge in [0, 0.05) is 5.69 Å². The summed E-state index contributed by atoms with van der Waals surface area (Å²) in [5, 5.41) is 5.37. The molecule has 2 aromatic rings. The molecule has 8 heteroatoms. The minimum absolute atomic E-state index is 0.0213. The van der Waals surface area contributed by atoms with Gasteiger partial charge in [0.25, 0.3) is 5.91 Å². The Morgan fingerprint density at radius 1 is 1.44 bits per heavy atom. The van der Waals surface area contributed by atoms with Gasteiger partial charge in [-0.25, -0.2) is 4.98 Å². The van der Waals surface area contributed by atoms with E-state index in [0.29, 0.717) is 11.3 Å². The second-order valence-corrected chi connectivity index (χ2v) is 4.58. The highest BCUT2D eigenvalue weighted by molar-refractivity contribution is 7.20. The number of para-hydroxylation sites is 1. The van der Waals surface area contributed by atoms with Crippen LogP contribution < -0.4 is 11.1 Å². The summed E-state index contributed by atoms with van der Waals surface area (Å²) in [7, 11) is 0. The van der Waals surface area contributed by atoms with E-state index in [1.165, 1.54) is 0 Å². The number of nitrogens with two attached hydrogens (primary N) is 1. The lowest BCUT2D eigenvalue weighted by Crippen LogP contribution is -2.13. The lowest BCUT2D eigenvalue weighted by molar-refractivity contribution is 0.102. The maximum absolute atomic E-state index is 11.9. The number of halogens is 1. The Hall–Kier alpha value is -1.99. The quantitative estimate of drug-likeness (QED) is 0.668. The van der Waals surface area contributed by atoms with Crippen LogP contribution in [0.3, 0.4) is 0 Å². The highest BCUT2D eigenvalue weighted by Crippen LogP contribution is 2.34. The molecule has 6 nitrogen and oxygen atoms in total. The first kappa shape index (κ1) is 12.5. The summed E-state index contributed by atoms with van der Waals surface area (Å²) in [6.07, 6.45) is 0. The van der Waals surface area contributed by atoms with Gasteiger partial charge >= 0.3 is 0 Å². The molecule has 2 rings (SSSR count). The van der Waals surface area contributed by atoms with Crippen molar-refractivity contribution in [1.29, 1.82) is 0 Å². The minimum atomic E-state index is -0.420. The van der Waals surface area contributed by atoms with Gasteiger partial charge in [0.05, 0.1) is 5.56 Å². The van der Waals surface area contributed by atoms with E-state index in [1.807, 2.05) is 0 Å². The number of nitroso groups, excluding NO2 is 1. The molecule has 92 valence electrons. The number of rotatable bonds is 3. The van der Waals surface area contributed by atoms with Crippen molar-refractivity contribution < 1.29 is 4.79 Å². The molecular formula is C10H7ClN4O2S. The first-order valence-electron chi connectivity index (χ1n) is 4.77. The second kappa shape index (κ2) is 5.11. The lowest BCUT2D eigenvalue weighted by Gasteiger charge is -2.03. The standard InChI is InChI=1S/C10H7ClN4O2S/c11-7-9(15-17)18-10(13-7)14-8(16)5-3-1-2-4-6(5)12/h1-4H,12H2,(H,13,14,16). The molecule has 0 unspecified atom stereocenters. The van der Waals surface area contributed by atoms with E-state index in [1.54, 1.807) is 24.3 Å². The van der Waals surface area contributed by atoms with Gasteiger partial charge in [0.1, 0.15) is 0 Å². The van der Waals surface area contributed by atoms with Crippen LogP contribution in [0.4, 0.5) is 15.8 Å². The van der Waals surface area contributed by atoms with Crippen LogP contribution >= 0.6 is 22.9 Å². The van der Waals surface area contributed by atoms with E-state index in [2.05, 4.69) is 15.5 Å². The molecular weight excluding hydrogens is 276 g/mol. The Labute approximate surface area is 111 Å². The van der Waals surface area contributed by atoms with Gasteiger partial charge in [-0.1, -0.05) is 35.1 Å². The average molecular weight is 283 g/mol. The number of aromatic nitrogens is 1. The summed E-state index contributed by atoms with van der Waals surface area (Å²) >= 11 is 6.53. The van der Waals surface area contributed by atoms with Gasteiger partial charge in [0.2, 0.25) is 5.00 Å². The zero-order chi connectivity index (χ0) is 13.1. The minimum Gasteiger partial charge on any atom is -0.398 e. The highest BCUT2D eigenvalue weighted by atomic mass is 35.5. The van der Waals surface area contributed by atoms with E-state index in [0.717, 1.165) is 11.3 Å². The molecule has 1 heterocycles. The number of hydrogen-bond donors (Lipinski definition) is 2. The van der Waals surface area contributed by atoms with Gasteiger partial charge in [-0.15, -0.1) is 4.91 Å². The van der Waals surface area contributed by atoms with Crippen molar-refractivity contribution in [3.8, 4) is 0 Å². The summed E-state index contributed by atoms with van der Waals surface area (Å²) in [5.41, 5.74) is 6.34. The molecule has 1 amide bonds. The fourth-order valence-electron chi connectivity index (χ4n) is 1.27. The van der Waals surface area contributed by atoms with Gasteiger partial charge in [0.15, 0.2) is 10.3 Å². The summed E-state index contributed by atoms with van der Waals surface area (Å²) in [4.78, 5) is 26.0. The Balaban J connectivity index is 2.21. The normalized spacial score (nSPS) is 10.1. The van der Waals surface area contributed by atoms with Crippen LogP contribution in [-0.2, 0) is 0 Å². The fourth-order valence-corrected chi connectivity index (χ4v) is 2.19.